The van der Waals surface area contributed by atoms with Crippen LogP contribution in [0.4, 0.5) is 0 Å². The molecule has 1 aromatic rings. The van der Waals surface area contributed by atoms with Gasteiger partial charge in [0.25, 0.3) is 5.91 Å². The van der Waals surface area contributed by atoms with E-state index in [4.69, 9.17) is 4.74 Å². The lowest BCUT2D eigenvalue weighted by Gasteiger charge is -2.22. The average Bonchev–Trinajstić information content (AvgIpc) is 2.53. The number of nitrogens with zero attached hydrogens (tertiary/aromatic N) is 2. The van der Waals surface area contributed by atoms with Crippen LogP contribution >= 0.6 is 0 Å². The molecule has 0 fully saturated rings. The standard InChI is InChI=1S/C16H26N2O5S/c1-12(2)18(4)24(21,22)15-8-6-7-13(9-15)16(20)17(3)10-14(19)11-23-5/h6-9,12,14,19H,10-11H2,1-5H3/t14-/m1/s1. The molecule has 136 valence electrons. The summed E-state index contributed by atoms with van der Waals surface area (Å²) in [7, 11) is 0.850. The van der Waals surface area contributed by atoms with Crippen LogP contribution in [0.15, 0.2) is 29.2 Å². The van der Waals surface area contributed by atoms with Crippen LogP contribution in [0.1, 0.15) is 24.2 Å². The maximum absolute atomic E-state index is 12.5. The van der Waals surface area contributed by atoms with Gasteiger partial charge in [-0.05, 0) is 32.0 Å². The molecule has 0 aliphatic heterocycles. The Morgan fingerprint density at radius 2 is 1.92 bits per heavy atom. The van der Waals surface area contributed by atoms with E-state index in [1.807, 2.05) is 0 Å². The first-order valence-corrected chi connectivity index (χ1v) is 9.05. The fraction of sp³-hybridized carbons (Fsp3) is 0.562. The van der Waals surface area contributed by atoms with E-state index in [1.165, 1.54) is 41.6 Å². The molecular weight excluding hydrogens is 332 g/mol. The second-order valence-electron chi connectivity index (χ2n) is 5.94. The Bertz CT molecular complexity index is 660. The zero-order valence-corrected chi connectivity index (χ0v) is 15.6. The van der Waals surface area contributed by atoms with Crippen LogP contribution in [0, 0.1) is 0 Å². The Hall–Kier alpha value is -1.48. The number of rotatable bonds is 8. The molecule has 1 rings (SSSR count). The largest absolute Gasteiger partial charge is 0.389 e. The van der Waals surface area contributed by atoms with Gasteiger partial charge in [-0.2, -0.15) is 4.31 Å². The molecule has 7 nitrogen and oxygen atoms in total. The number of benzene rings is 1. The van der Waals surface area contributed by atoms with Gasteiger partial charge in [-0.3, -0.25) is 4.79 Å². The number of hydrogen-bond acceptors (Lipinski definition) is 5. The number of methoxy groups -OCH3 is 1. The predicted octanol–water partition coefficient (Wildman–Crippen LogP) is 0.795. The molecule has 0 saturated carbocycles. The van der Waals surface area contributed by atoms with E-state index in [0.717, 1.165) is 0 Å². The van der Waals surface area contributed by atoms with E-state index >= 15 is 0 Å². The third-order valence-electron chi connectivity index (χ3n) is 3.68. The number of aliphatic hydroxyl groups is 1. The molecule has 24 heavy (non-hydrogen) atoms. The molecular formula is C16H26N2O5S. The molecule has 1 atom stereocenters. The van der Waals surface area contributed by atoms with Crippen LogP contribution in [0.2, 0.25) is 0 Å². The minimum atomic E-state index is -3.66. The minimum absolute atomic E-state index is 0.0652. The van der Waals surface area contributed by atoms with E-state index in [1.54, 1.807) is 27.0 Å². The highest BCUT2D eigenvalue weighted by atomic mass is 32.2. The topological polar surface area (TPSA) is 87.1 Å². The van der Waals surface area contributed by atoms with Crippen molar-refractivity contribution < 1.29 is 23.1 Å². The molecule has 1 aromatic carbocycles. The maximum Gasteiger partial charge on any atom is 0.253 e. The predicted molar refractivity (Wildman–Crippen MR) is 91.4 cm³/mol. The summed E-state index contributed by atoms with van der Waals surface area (Å²) in [5.41, 5.74) is 0.250. The molecule has 0 spiro atoms. The number of likely N-dealkylation sites (N-methyl/N-ethyl adjacent to an activating group) is 1. The van der Waals surface area contributed by atoms with Crippen molar-refractivity contribution in [1.29, 1.82) is 0 Å². The van der Waals surface area contributed by atoms with Gasteiger partial charge < -0.3 is 14.7 Å². The Balaban J connectivity index is 3.02. The van der Waals surface area contributed by atoms with Crippen molar-refractivity contribution in [2.75, 3.05) is 34.4 Å². The van der Waals surface area contributed by atoms with Gasteiger partial charge in [0.15, 0.2) is 0 Å². The van der Waals surface area contributed by atoms with Crippen molar-refractivity contribution in [2.45, 2.75) is 30.9 Å². The van der Waals surface area contributed by atoms with Gasteiger partial charge in [0.1, 0.15) is 0 Å². The summed E-state index contributed by atoms with van der Waals surface area (Å²) >= 11 is 0. The van der Waals surface area contributed by atoms with Crippen molar-refractivity contribution in [3.8, 4) is 0 Å². The Kier molecular flexibility index (Phi) is 7.34. The van der Waals surface area contributed by atoms with Crippen LogP contribution in [0.3, 0.4) is 0 Å². The van der Waals surface area contributed by atoms with Gasteiger partial charge in [0.2, 0.25) is 10.0 Å². The molecule has 0 saturated heterocycles. The first-order valence-electron chi connectivity index (χ1n) is 7.61. The molecule has 0 aromatic heterocycles. The lowest BCUT2D eigenvalue weighted by molar-refractivity contribution is 0.0380. The van der Waals surface area contributed by atoms with Crippen molar-refractivity contribution in [3.63, 3.8) is 0 Å². The van der Waals surface area contributed by atoms with E-state index in [-0.39, 0.29) is 35.6 Å². The number of hydrogen-bond donors (Lipinski definition) is 1. The maximum atomic E-state index is 12.5. The summed E-state index contributed by atoms with van der Waals surface area (Å²) < 4.78 is 31.1. The summed E-state index contributed by atoms with van der Waals surface area (Å²) in [4.78, 5) is 13.8. The quantitative estimate of drug-likeness (QED) is 0.743. The molecule has 0 unspecified atom stereocenters. The summed E-state index contributed by atoms with van der Waals surface area (Å²) in [6, 6.07) is 5.71. The number of ether oxygens (including phenoxy) is 1. The Morgan fingerprint density at radius 3 is 2.46 bits per heavy atom. The van der Waals surface area contributed by atoms with Crippen LogP contribution in [0.25, 0.3) is 0 Å². The molecule has 1 amide bonds. The highest BCUT2D eigenvalue weighted by Crippen LogP contribution is 2.18. The summed E-state index contributed by atoms with van der Waals surface area (Å²) in [5, 5.41) is 9.71. The highest BCUT2D eigenvalue weighted by Gasteiger charge is 2.24. The van der Waals surface area contributed by atoms with Gasteiger partial charge in [-0.25, -0.2) is 8.42 Å². The summed E-state index contributed by atoms with van der Waals surface area (Å²) in [6.07, 6.45) is -0.803. The molecule has 0 heterocycles. The summed E-state index contributed by atoms with van der Waals surface area (Å²) in [6.45, 7) is 3.76. The van der Waals surface area contributed by atoms with E-state index in [2.05, 4.69) is 0 Å². The smallest absolute Gasteiger partial charge is 0.253 e. The van der Waals surface area contributed by atoms with Crippen molar-refractivity contribution in [3.05, 3.63) is 29.8 Å². The van der Waals surface area contributed by atoms with Crippen LogP contribution in [-0.4, -0.2) is 75.1 Å². The third kappa shape index (κ3) is 5.01. The number of sulfonamides is 1. The fourth-order valence-electron chi connectivity index (χ4n) is 2.10. The first-order chi connectivity index (χ1) is 11.1. The second kappa shape index (κ2) is 8.57. The zero-order valence-electron chi connectivity index (χ0n) is 14.8. The second-order valence-corrected chi connectivity index (χ2v) is 7.94. The lowest BCUT2D eigenvalue weighted by atomic mass is 10.2. The number of carbonyl (C=O) groups excluding carboxylic acids is 1. The van der Waals surface area contributed by atoms with Gasteiger partial charge in [0.05, 0.1) is 17.6 Å². The van der Waals surface area contributed by atoms with Crippen molar-refractivity contribution in [1.82, 2.24) is 9.21 Å². The molecule has 0 bridgehead atoms. The monoisotopic (exact) mass is 358 g/mol. The van der Waals surface area contributed by atoms with E-state index in [0.29, 0.717) is 0 Å². The third-order valence-corrected chi connectivity index (χ3v) is 5.71. The van der Waals surface area contributed by atoms with Gasteiger partial charge in [0, 0.05) is 39.4 Å². The van der Waals surface area contributed by atoms with Gasteiger partial charge in [-0.15, -0.1) is 0 Å². The molecule has 8 heteroatoms. The highest BCUT2D eigenvalue weighted by molar-refractivity contribution is 7.89. The minimum Gasteiger partial charge on any atom is -0.389 e. The SMILES string of the molecule is COC[C@H](O)CN(C)C(=O)c1cccc(S(=O)(=O)N(C)C(C)C)c1. The zero-order chi connectivity index (χ0) is 18.5. The molecule has 1 N–H and O–H groups in total. The molecule has 0 radical (unpaired) electrons. The van der Waals surface area contributed by atoms with Crippen LogP contribution < -0.4 is 0 Å². The Labute approximate surface area is 143 Å². The normalized spacial score (nSPS) is 13.3. The average molecular weight is 358 g/mol. The molecule has 0 aliphatic carbocycles. The van der Waals surface area contributed by atoms with E-state index < -0.39 is 16.1 Å². The summed E-state index contributed by atoms with van der Waals surface area (Å²) in [5.74, 6) is -0.366. The van der Waals surface area contributed by atoms with Gasteiger partial charge in [-0.1, -0.05) is 6.07 Å². The van der Waals surface area contributed by atoms with E-state index in [9.17, 15) is 18.3 Å². The lowest BCUT2D eigenvalue weighted by Crippen LogP contribution is -2.36. The van der Waals surface area contributed by atoms with Crippen molar-refractivity contribution >= 4 is 15.9 Å². The Morgan fingerprint density at radius 1 is 1.29 bits per heavy atom. The van der Waals surface area contributed by atoms with Gasteiger partial charge >= 0.3 is 0 Å². The number of carbonyl (C=O) groups is 1. The molecule has 0 aliphatic rings. The first kappa shape index (κ1) is 20.6. The van der Waals surface area contributed by atoms with Crippen LogP contribution in [-0.2, 0) is 14.8 Å². The number of amides is 1. The number of aliphatic hydroxyl groups excluding tert-OH is 1. The van der Waals surface area contributed by atoms with Crippen LogP contribution in [0.5, 0.6) is 0 Å². The fourth-order valence-corrected chi connectivity index (χ4v) is 3.51. The van der Waals surface area contributed by atoms with Crippen molar-refractivity contribution in [2.24, 2.45) is 0 Å².